The van der Waals surface area contributed by atoms with Crippen LogP contribution in [0.1, 0.15) is 26.2 Å². The van der Waals surface area contributed by atoms with Gasteiger partial charge in [-0.1, -0.05) is 6.92 Å². The number of carbonyl (C=O) groups is 1. The lowest BCUT2D eigenvalue weighted by Gasteiger charge is -2.37. The largest absolute Gasteiger partial charge is 0.394 e. The van der Waals surface area contributed by atoms with E-state index in [0.29, 0.717) is 32.5 Å². The van der Waals surface area contributed by atoms with Gasteiger partial charge in [0.2, 0.25) is 5.91 Å². The molecule has 1 aliphatic heterocycles. The van der Waals surface area contributed by atoms with Crippen LogP contribution >= 0.6 is 0 Å². The first-order chi connectivity index (χ1) is 8.02. The fourth-order valence-electron chi connectivity index (χ4n) is 1.77. The Morgan fingerprint density at radius 1 is 1.41 bits per heavy atom. The Hall–Kier alpha value is -0.690. The molecule has 1 rings (SSSR count). The van der Waals surface area contributed by atoms with Crippen molar-refractivity contribution in [3.05, 3.63) is 0 Å². The second-order valence-corrected chi connectivity index (χ2v) is 4.67. The Morgan fingerprint density at radius 2 is 1.94 bits per heavy atom. The molecule has 0 radical (unpaired) electrons. The number of carbonyl (C=O) groups excluding carboxylic acids is 1. The van der Waals surface area contributed by atoms with Crippen LogP contribution in [0.25, 0.3) is 0 Å². The minimum atomic E-state index is -0.984. The summed E-state index contributed by atoms with van der Waals surface area (Å²) >= 11 is 0. The molecular weight excluding hydrogens is 224 g/mol. The molecule has 1 heterocycles. The molecule has 0 aromatic carbocycles. The Labute approximate surface area is 101 Å². The maximum absolute atomic E-state index is 12.1. The quantitative estimate of drug-likeness (QED) is 0.485. The number of amides is 1. The number of aliphatic hydroxyl groups is 2. The Morgan fingerprint density at radius 3 is 2.35 bits per heavy atom. The van der Waals surface area contributed by atoms with Crippen LogP contribution in [0.5, 0.6) is 0 Å². The van der Waals surface area contributed by atoms with Crippen LogP contribution in [0.2, 0.25) is 0 Å². The maximum Gasteiger partial charge on any atom is 0.240 e. The van der Waals surface area contributed by atoms with Crippen molar-refractivity contribution < 1.29 is 19.7 Å². The van der Waals surface area contributed by atoms with Crippen LogP contribution in [-0.4, -0.2) is 53.6 Å². The number of nitrogens with two attached hydrogens (primary N) is 1. The molecular formula is C11H22N2O4. The number of rotatable bonds is 5. The van der Waals surface area contributed by atoms with E-state index >= 15 is 0 Å². The Balaban J connectivity index is 2.69. The molecule has 0 saturated carbocycles. The summed E-state index contributed by atoms with van der Waals surface area (Å²) in [5.74, 6) is -0.328. The van der Waals surface area contributed by atoms with Gasteiger partial charge < -0.3 is 26.0 Å². The molecule has 5 N–H and O–H groups in total. The predicted molar refractivity (Wildman–Crippen MR) is 62.3 cm³/mol. The van der Waals surface area contributed by atoms with Crippen molar-refractivity contribution in [3.63, 3.8) is 0 Å². The topological polar surface area (TPSA) is 105 Å². The van der Waals surface area contributed by atoms with Crippen molar-refractivity contribution >= 4 is 5.91 Å². The second kappa shape index (κ2) is 5.77. The van der Waals surface area contributed by atoms with E-state index in [1.165, 1.54) is 0 Å². The number of nitrogens with one attached hydrogen (secondary N) is 1. The highest BCUT2D eigenvalue weighted by atomic mass is 16.5. The molecule has 0 bridgehead atoms. The average Bonchev–Trinajstić information content (AvgIpc) is 2.37. The Kier molecular flexibility index (Phi) is 4.88. The van der Waals surface area contributed by atoms with Gasteiger partial charge in [0.15, 0.2) is 0 Å². The summed E-state index contributed by atoms with van der Waals surface area (Å²) in [7, 11) is 0. The smallest absolute Gasteiger partial charge is 0.240 e. The molecule has 17 heavy (non-hydrogen) atoms. The van der Waals surface area contributed by atoms with Gasteiger partial charge in [-0.15, -0.1) is 0 Å². The van der Waals surface area contributed by atoms with Crippen LogP contribution in [0.4, 0.5) is 0 Å². The molecule has 0 spiro atoms. The lowest BCUT2D eigenvalue weighted by molar-refractivity contribution is -0.133. The molecule has 1 amide bonds. The van der Waals surface area contributed by atoms with Crippen molar-refractivity contribution in [2.24, 2.45) is 5.73 Å². The van der Waals surface area contributed by atoms with E-state index in [-0.39, 0.29) is 19.1 Å². The van der Waals surface area contributed by atoms with Crippen molar-refractivity contribution in [1.29, 1.82) is 0 Å². The third-order valence-electron chi connectivity index (χ3n) is 3.50. The minimum Gasteiger partial charge on any atom is -0.394 e. The van der Waals surface area contributed by atoms with Gasteiger partial charge >= 0.3 is 0 Å². The highest BCUT2D eigenvalue weighted by Gasteiger charge is 2.40. The monoisotopic (exact) mass is 246 g/mol. The predicted octanol–water partition coefficient (Wildman–Crippen LogP) is -1.26. The van der Waals surface area contributed by atoms with Crippen LogP contribution in [0.15, 0.2) is 0 Å². The summed E-state index contributed by atoms with van der Waals surface area (Å²) < 4.78 is 5.17. The molecule has 1 aliphatic rings. The van der Waals surface area contributed by atoms with Crippen LogP contribution < -0.4 is 11.1 Å². The van der Waals surface area contributed by atoms with Gasteiger partial charge in [-0.25, -0.2) is 0 Å². The first-order valence-electron chi connectivity index (χ1n) is 5.93. The number of hydrogen-bond donors (Lipinski definition) is 4. The van der Waals surface area contributed by atoms with Crippen LogP contribution in [0.3, 0.4) is 0 Å². The third-order valence-corrected chi connectivity index (χ3v) is 3.50. The highest BCUT2D eigenvalue weighted by Crippen LogP contribution is 2.20. The zero-order chi connectivity index (χ0) is 12.9. The SMILES string of the molecule is CCC(CO)(CO)NC(=O)C1(N)CCOCC1. The summed E-state index contributed by atoms with van der Waals surface area (Å²) in [5.41, 5.74) is 4.08. The van der Waals surface area contributed by atoms with E-state index in [9.17, 15) is 15.0 Å². The van der Waals surface area contributed by atoms with E-state index in [1.807, 2.05) is 0 Å². The van der Waals surface area contributed by atoms with E-state index in [0.717, 1.165) is 0 Å². The van der Waals surface area contributed by atoms with E-state index in [2.05, 4.69) is 5.32 Å². The minimum absolute atomic E-state index is 0.307. The maximum atomic E-state index is 12.1. The average molecular weight is 246 g/mol. The zero-order valence-corrected chi connectivity index (χ0v) is 10.2. The summed E-state index contributed by atoms with van der Waals surface area (Å²) in [6.45, 7) is 2.10. The highest BCUT2D eigenvalue weighted by molar-refractivity contribution is 5.86. The number of aliphatic hydroxyl groups excluding tert-OH is 2. The van der Waals surface area contributed by atoms with Gasteiger partial charge in [-0.3, -0.25) is 4.79 Å². The lowest BCUT2D eigenvalue weighted by Crippen LogP contribution is -2.64. The van der Waals surface area contributed by atoms with Crippen molar-refractivity contribution in [3.8, 4) is 0 Å². The summed E-state index contributed by atoms with van der Waals surface area (Å²) in [4.78, 5) is 12.1. The number of hydrogen-bond acceptors (Lipinski definition) is 5. The number of ether oxygens (including phenoxy) is 1. The van der Waals surface area contributed by atoms with Gasteiger partial charge in [-0.2, -0.15) is 0 Å². The fourth-order valence-corrected chi connectivity index (χ4v) is 1.77. The molecule has 6 heteroatoms. The first kappa shape index (κ1) is 14.4. The lowest BCUT2D eigenvalue weighted by atomic mass is 9.88. The van der Waals surface area contributed by atoms with Crippen molar-refractivity contribution in [2.75, 3.05) is 26.4 Å². The van der Waals surface area contributed by atoms with Gasteiger partial charge in [0.1, 0.15) is 0 Å². The van der Waals surface area contributed by atoms with Gasteiger partial charge in [0.05, 0.1) is 24.3 Å². The van der Waals surface area contributed by atoms with Gasteiger partial charge in [0.25, 0.3) is 0 Å². The van der Waals surface area contributed by atoms with Gasteiger partial charge in [-0.05, 0) is 19.3 Å². The molecule has 1 fully saturated rings. The third kappa shape index (κ3) is 3.16. The molecule has 6 nitrogen and oxygen atoms in total. The Bertz CT molecular complexity index is 252. The van der Waals surface area contributed by atoms with E-state index < -0.39 is 11.1 Å². The second-order valence-electron chi connectivity index (χ2n) is 4.67. The van der Waals surface area contributed by atoms with E-state index in [1.54, 1.807) is 6.92 Å². The van der Waals surface area contributed by atoms with Crippen LogP contribution in [0, 0.1) is 0 Å². The first-order valence-corrected chi connectivity index (χ1v) is 5.93. The summed E-state index contributed by atoms with van der Waals surface area (Å²) in [6.07, 6.45) is 1.35. The van der Waals surface area contributed by atoms with Crippen molar-refractivity contribution in [1.82, 2.24) is 5.32 Å². The molecule has 100 valence electrons. The molecule has 0 unspecified atom stereocenters. The molecule has 1 saturated heterocycles. The molecule has 0 aromatic rings. The standard InChI is InChI=1S/C11H22N2O4/c1-2-10(7-14,8-15)13-9(16)11(12)3-5-17-6-4-11/h14-15H,2-8,12H2,1H3,(H,13,16). The van der Waals surface area contributed by atoms with Crippen LogP contribution in [-0.2, 0) is 9.53 Å². The normalized spacial score (nSPS) is 20.0. The van der Waals surface area contributed by atoms with E-state index in [4.69, 9.17) is 10.5 Å². The molecule has 0 atom stereocenters. The molecule has 0 aromatic heterocycles. The van der Waals surface area contributed by atoms with Crippen molar-refractivity contribution in [2.45, 2.75) is 37.3 Å². The fraction of sp³-hybridized carbons (Fsp3) is 0.909. The summed E-state index contributed by atoms with van der Waals surface area (Å²) in [6, 6.07) is 0. The summed E-state index contributed by atoms with van der Waals surface area (Å²) in [5, 5.41) is 21.2. The van der Waals surface area contributed by atoms with Gasteiger partial charge in [0, 0.05) is 13.2 Å². The zero-order valence-electron chi connectivity index (χ0n) is 10.2. The molecule has 0 aliphatic carbocycles.